The summed E-state index contributed by atoms with van der Waals surface area (Å²) in [5.41, 5.74) is 13.9. The van der Waals surface area contributed by atoms with E-state index in [0.717, 1.165) is 61.2 Å². The van der Waals surface area contributed by atoms with Crippen LogP contribution < -0.4 is 4.90 Å². The van der Waals surface area contributed by atoms with Crippen LogP contribution in [-0.2, 0) is 0 Å². The Labute approximate surface area is 279 Å². The average Bonchev–Trinajstić information content (AvgIpc) is 3.52. The predicted molar refractivity (Wildman–Crippen MR) is 200 cm³/mol. The summed E-state index contributed by atoms with van der Waals surface area (Å²) in [5.74, 6) is 0. The van der Waals surface area contributed by atoms with E-state index >= 15 is 0 Å². The summed E-state index contributed by atoms with van der Waals surface area (Å²) in [5, 5.41) is 2.10. The molecular weight excluding hydrogens is 585 g/mol. The van der Waals surface area contributed by atoms with Gasteiger partial charge in [-0.2, -0.15) is 0 Å². The minimum atomic E-state index is 0.809. The molecule has 0 radical (unpaired) electrons. The van der Waals surface area contributed by atoms with Crippen LogP contribution >= 0.6 is 0 Å². The van der Waals surface area contributed by atoms with Crippen LogP contribution in [0.4, 0.5) is 17.1 Å². The fourth-order valence-corrected chi connectivity index (χ4v) is 6.59. The average molecular weight is 615 g/mol. The molecule has 0 N–H and O–H groups in total. The Kier molecular flexibility index (Phi) is 6.80. The molecule has 3 heteroatoms. The smallest absolute Gasteiger partial charge is 0.154 e. The number of furan rings is 1. The Bertz CT molecular complexity index is 2440. The van der Waals surface area contributed by atoms with Gasteiger partial charge in [-0.1, -0.05) is 115 Å². The predicted octanol–water partition coefficient (Wildman–Crippen LogP) is 12.6. The number of pyridine rings is 1. The van der Waals surface area contributed by atoms with Gasteiger partial charge in [0.2, 0.25) is 0 Å². The van der Waals surface area contributed by atoms with Crippen molar-refractivity contribution in [3.05, 3.63) is 182 Å². The molecule has 2 heterocycles. The highest BCUT2D eigenvalue weighted by atomic mass is 16.3. The minimum absolute atomic E-state index is 0.809. The van der Waals surface area contributed by atoms with Crippen LogP contribution in [0.1, 0.15) is 0 Å². The standard InChI is InChI=1S/C45H30N2O/c1-3-9-31(10-4-1)33-15-22-38(23-16-33)47(39-24-17-34(18-25-39)32-11-5-2-6-12-32)40-26-19-35(20-27-40)36-21-28-42-37(29-36)30-44-45(46-42)41-13-7-8-14-43(41)48-44/h1-30H. The SMILES string of the molecule is c1ccc(-c2ccc(N(c3ccc(-c4ccccc4)cc3)c3ccc(-c4ccc5nc6c(cc5c4)oc4ccccc46)cc3)cc2)cc1. The Hall–Kier alpha value is -6.45. The quantitative estimate of drug-likeness (QED) is 0.187. The maximum atomic E-state index is 6.13. The maximum Gasteiger partial charge on any atom is 0.154 e. The van der Waals surface area contributed by atoms with E-state index in [2.05, 4.69) is 169 Å². The number of hydrogen-bond acceptors (Lipinski definition) is 3. The molecule has 0 atom stereocenters. The molecule has 3 nitrogen and oxygen atoms in total. The van der Waals surface area contributed by atoms with Crippen LogP contribution in [0.15, 0.2) is 186 Å². The molecule has 9 rings (SSSR count). The van der Waals surface area contributed by atoms with Crippen molar-refractivity contribution in [2.24, 2.45) is 0 Å². The van der Waals surface area contributed by atoms with Gasteiger partial charge >= 0.3 is 0 Å². The van der Waals surface area contributed by atoms with E-state index in [4.69, 9.17) is 9.40 Å². The van der Waals surface area contributed by atoms with Crippen molar-refractivity contribution in [3.63, 3.8) is 0 Å². The van der Waals surface area contributed by atoms with Gasteiger partial charge in [0.05, 0.1) is 5.52 Å². The van der Waals surface area contributed by atoms with E-state index in [9.17, 15) is 0 Å². The van der Waals surface area contributed by atoms with Crippen molar-refractivity contribution in [1.82, 2.24) is 4.98 Å². The Balaban J connectivity index is 1.08. The number of aromatic nitrogens is 1. The highest BCUT2D eigenvalue weighted by molar-refractivity contribution is 6.06. The van der Waals surface area contributed by atoms with Crippen molar-refractivity contribution >= 4 is 50.0 Å². The fourth-order valence-electron chi connectivity index (χ4n) is 6.59. The molecular formula is C45H30N2O. The molecule has 0 aliphatic heterocycles. The molecule has 0 aliphatic carbocycles. The van der Waals surface area contributed by atoms with Crippen LogP contribution in [0, 0.1) is 0 Å². The summed E-state index contributed by atoms with van der Waals surface area (Å²) in [6.45, 7) is 0. The molecule has 0 unspecified atom stereocenters. The van der Waals surface area contributed by atoms with Gasteiger partial charge < -0.3 is 9.32 Å². The van der Waals surface area contributed by atoms with Gasteiger partial charge in [0.1, 0.15) is 11.1 Å². The van der Waals surface area contributed by atoms with E-state index in [-0.39, 0.29) is 0 Å². The third-order valence-corrected chi connectivity index (χ3v) is 9.07. The second-order valence-electron chi connectivity index (χ2n) is 12.0. The van der Waals surface area contributed by atoms with Gasteiger partial charge in [-0.15, -0.1) is 0 Å². The first kappa shape index (κ1) is 27.8. The van der Waals surface area contributed by atoms with Crippen LogP contribution in [0.25, 0.3) is 66.4 Å². The topological polar surface area (TPSA) is 29.3 Å². The summed E-state index contributed by atoms with van der Waals surface area (Å²) >= 11 is 0. The first-order valence-corrected chi connectivity index (χ1v) is 16.2. The Morgan fingerprint density at radius 1 is 0.375 bits per heavy atom. The van der Waals surface area contributed by atoms with Crippen molar-refractivity contribution in [3.8, 4) is 33.4 Å². The zero-order valence-corrected chi connectivity index (χ0v) is 26.1. The van der Waals surface area contributed by atoms with Crippen molar-refractivity contribution in [2.75, 3.05) is 4.90 Å². The van der Waals surface area contributed by atoms with Gasteiger partial charge in [0.25, 0.3) is 0 Å². The van der Waals surface area contributed by atoms with Crippen LogP contribution in [0.2, 0.25) is 0 Å². The number of hydrogen-bond donors (Lipinski definition) is 0. The van der Waals surface area contributed by atoms with E-state index in [1.165, 1.54) is 22.3 Å². The molecule has 0 bridgehead atoms. The fraction of sp³-hybridized carbons (Fsp3) is 0. The zero-order valence-electron chi connectivity index (χ0n) is 26.1. The molecule has 0 saturated heterocycles. The molecule has 7 aromatic carbocycles. The first-order chi connectivity index (χ1) is 23.8. The molecule has 0 fully saturated rings. The van der Waals surface area contributed by atoms with E-state index in [0.29, 0.717) is 0 Å². The number of anilines is 3. The largest absolute Gasteiger partial charge is 0.454 e. The van der Waals surface area contributed by atoms with Gasteiger partial charge in [-0.25, -0.2) is 4.98 Å². The Morgan fingerprint density at radius 2 is 0.833 bits per heavy atom. The Morgan fingerprint density at radius 3 is 1.40 bits per heavy atom. The summed E-state index contributed by atoms with van der Waals surface area (Å²) in [7, 11) is 0. The van der Waals surface area contributed by atoms with E-state index in [1.807, 2.05) is 18.2 Å². The number of benzene rings is 7. The van der Waals surface area contributed by atoms with Gasteiger partial charge in [0, 0.05) is 27.8 Å². The van der Waals surface area contributed by atoms with Crippen LogP contribution in [0.3, 0.4) is 0 Å². The van der Waals surface area contributed by atoms with E-state index in [1.54, 1.807) is 0 Å². The lowest BCUT2D eigenvalue weighted by Crippen LogP contribution is -2.09. The summed E-state index contributed by atoms with van der Waals surface area (Å²) in [6, 6.07) is 64.1. The first-order valence-electron chi connectivity index (χ1n) is 16.2. The molecule has 48 heavy (non-hydrogen) atoms. The highest BCUT2D eigenvalue weighted by Crippen LogP contribution is 2.38. The molecule has 0 spiro atoms. The van der Waals surface area contributed by atoms with Crippen molar-refractivity contribution < 1.29 is 4.42 Å². The second-order valence-corrected chi connectivity index (χ2v) is 12.0. The number of fused-ring (bicyclic) bond motifs is 4. The molecule has 9 aromatic rings. The van der Waals surface area contributed by atoms with E-state index < -0.39 is 0 Å². The van der Waals surface area contributed by atoms with Crippen molar-refractivity contribution in [2.45, 2.75) is 0 Å². The van der Waals surface area contributed by atoms with Gasteiger partial charge in [-0.05, 0) is 100 Å². The van der Waals surface area contributed by atoms with Crippen LogP contribution in [0.5, 0.6) is 0 Å². The highest BCUT2D eigenvalue weighted by Gasteiger charge is 2.15. The van der Waals surface area contributed by atoms with Crippen molar-refractivity contribution in [1.29, 1.82) is 0 Å². The zero-order chi connectivity index (χ0) is 31.9. The second kappa shape index (κ2) is 11.7. The number of nitrogens with zero attached hydrogens (tertiary/aromatic N) is 2. The lowest BCUT2D eigenvalue weighted by Gasteiger charge is -2.26. The van der Waals surface area contributed by atoms with Crippen LogP contribution in [-0.4, -0.2) is 4.98 Å². The minimum Gasteiger partial charge on any atom is -0.454 e. The van der Waals surface area contributed by atoms with Gasteiger partial charge in [-0.3, -0.25) is 0 Å². The third-order valence-electron chi connectivity index (χ3n) is 9.07. The summed E-state index contributed by atoms with van der Waals surface area (Å²) < 4.78 is 6.13. The normalized spacial score (nSPS) is 11.3. The summed E-state index contributed by atoms with van der Waals surface area (Å²) in [4.78, 5) is 7.27. The molecule has 0 saturated carbocycles. The number of para-hydroxylation sites is 1. The molecule has 0 aliphatic rings. The lowest BCUT2D eigenvalue weighted by molar-refractivity contribution is 0.669. The molecule has 2 aromatic heterocycles. The summed E-state index contributed by atoms with van der Waals surface area (Å²) in [6.07, 6.45) is 0. The lowest BCUT2D eigenvalue weighted by atomic mass is 10.0. The maximum absolute atomic E-state index is 6.13. The number of rotatable bonds is 6. The molecule has 226 valence electrons. The third kappa shape index (κ3) is 5.08. The monoisotopic (exact) mass is 614 g/mol. The van der Waals surface area contributed by atoms with Gasteiger partial charge in [0.15, 0.2) is 5.58 Å². The molecule has 0 amide bonds.